The second-order valence-electron chi connectivity index (χ2n) is 8.09. The van der Waals surface area contributed by atoms with Crippen LogP contribution < -0.4 is 20.3 Å². The largest absolute Gasteiger partial charge is 0.487 e. The molecule has 0 spiro atoms. The molecule has 1 atom stereocenters. The molecule has 1 unspecified atom stereocenters. The van der Waals surface area contributed by atoms with Gasteiger partial charge in [0.1, 0.15) is 12.4 Å². The summed E-state index contributed by atoms with van der Waals surface area (Å²) >= 11 is 0. The highest BCUT2D eigenvalue weighted by Crippen LogP contribution is 2.21. The lowest BCUT2D eigenvalue weighted by Crippen LogP contribution is -2.44. The SMILES string of the molecule is CN=C(NCc1cccc(OCc2ccccn2)c1)NC1CCN(c2ccc(C)cc2)C1. The topological polar surface area (TPSA) is 61.8 Å². The van der Waals surface area contributed by atoms with E-state index in [-0.39, 0.29) is 0 Å². The molecule has 1 aliphatic heterocycles. The van der Waals surface area contributed by atoms with Gasteiger partial charge in [-0.1, -0.05) is 35.9 Å². The molecule has 0 aliphatic carbocycles. The van der Waals surface area contributed by atoms with Crippen molar-refractivity contribution in [1.82, 2.24) is 15.6 Å². The molecule has 1 aromatic heterocycles. The van der Waals surface area contributed by atoms with Gasteiger partial charge in [0.25, 0.3) is 0 Å². The number of pyridine rings is 1. The molecule has 2 heterocycles. The molecule has 4 rings (SSSR count). The number of nitrogens with zero attached hydrogens (tertiary/aromatic N) is 3. The lowest BCUT2D eigenvalue weighted by molar-refractivity contribution is 0.301. The molecule has 1 saturated heterocycles. The van der Waals surface area contributed by atoms with Crippen molar-refractivity contribution in [3.8, 4) is 5.75 Å². The van der Waals surface area contributed by atoms with E-state index in [4.69, 9.17) is 4.74 Å². The first-order valence-electron chi connectivity index (χ1n) is 11.1. The molecule has 1 fully saturated rings. The predicted octanol–water partition coefficient (Wildman–Crippen LogP) is 3.91. The Balaban J connectivity index is 1.26. The number of anilines is 1. The summed E-state index contributed by atoms with van der Waals surface area (Å²) in [6.07, 6.45) is 2.87. The predicted molar refractivity (Wildman–Crippen MR) is 130 cm³/mol. The molecule has 0 saturated carbocycles. The third-order valence-electron chi connectivity index (χ3n) is 5.62. The Morgan fingerprint density at radius 3 is 2.78 bits per heavy atom. The first-order valence-corrected chi connectivity index (χ1v) is 11.1. The van der Waals surface area contributed by atoms with Gasteiger partial charge in [0.2, 0.25) is 0 Å². The minimum Gasteiger partial charge on any atom is -0.487 e. The fraction of sp³-hybridized carbons (Fsp3) is 0.308. The molecule has 1 aliphatic rings. The zero-order valence-corrected chi connectivity index (χ0v) is 18.8. The van der Waals surface area contributed by atoms with Crippen LogP contribution in [-0.4, -0.2) is 37.1 Å². The van der Waals surface area contributed by atoms with Gasteiger partial charge in [-0.25, -0.2) is 0 Å². The molecular weight excluding hydrogens is 398 g/mol. The third-order valence-corrected chi connectivity index (χ3v) is 5.62. The van der Waals surface area contributed by atoms with Crippen LogP contribution in [0.1, 0.15) is 23.2 Å². The fourth-order valence-electron chi connectivity index (χ4n) is 3.83. The van der Waals surface area contributed by atoms with E-state index in [1.807, 2.05) is 37.4 Å². The molecule has 0 bridgehead atoms. The molecule has 166 valence electrons. The summed E-state index contributed by atoms with van der Waals surface area (Å²) in [5, 5.41) is 6.99. The van der Waals surface area contributed by atoms with Crippen molar-refractivity contribution >= 4 is 11.6 Å². The van der Waals surface area contributed by atoms with Crippen molar-refractivity contribution in [2.75, 3.05) is 25.0 Å². The second kappa shape index (κ2) is 10.7. The number of ether oxygens (including phenoxy) is 1. The van der Waals surface area contributed by atoms with Crippen molar-refractivity contribution in [1.29, 1.82) is 0 Å². The van der Waals surface area contributed by atoms with Gasteiger partial charge < -0.3 is 20.3 Å². The minimum absolute atomic E-state index is 0.371. The van der Waals surface area contributed by atoms with Crippen LogP contribution in [0.4, 0.5) is 5.69 Å². The van der Waals surface area contributed by atoms with E-state index in [9.17, 15) is 0 Å². The molecule has 32 heavy (non-hydrogen) atoms. The summed E-state index contributed by atoms with van der Waals surface area (Å²) in [5.41, 5.74) is 4.62. The number of nitrogens with one attached hydrogen (secondary N) is 2. The van der Waals surface area contributed by atoms with Crippen LogP contribution in [0, 0.1) is 6.92 Å². The summed E-state index contributed by atoms with van der Waals surface area (Å²) < 4.78 is 5.89. The van der Waals surface area contributed by atoms with Crippen LogP contribution in [0.15, 0.2) is 77.9 Å². The molecule has 6 nitrogen and oxygen atoms in total. The van der Waals surface area contributed by atoms with E-state index in [1.54, 1.807) is 6.20 Å². The van der Waals surface area contributed by atoms with Gasteiger partial charge in [-0.15, -0.1) is 0 Å². The van der Waals surface area contributed by atoms with Crippen LogP contribution in [0.2, 0.25) is 0 Å². The average molecular weight is 430 g/mol. The Hall–Kier alpha value is -3.54. The molecule has 6 heteroatoms. The summed E-state index contributed by atoms with van der Waals surface area (Å²) in [5.74, 6) is 1.66. The molecule has 0 radical (unpaired) electrons. The zero-order valence-electron chi connectivity index (χ0n) is 18.8. The molecule has 2 aromatic carbocycles. The number of benzene rings is 2. The van der Waals surface area contributed by atoms with E-state index in [0.717, 1.165) is 42.5 Å². The van der Waals surface area contributed by atoms with Gasteiger partial charge >= 0.3 is 0 Å². The van der Waals surface area contributed by atoms with Gasteiger partial charge in [0.15, 0.2) is 5.96 Å². The van der Waals surface area contributed by atoms with Crippen LogP contribution in [0.3, 0.4) is 0 Å². The quantitative estimate of drug-likeness (QED) is 0.440. The number of aliphatic imine (C=N–C) groups is 1. The van der Waals surface area contributed by atoms with Crippen LogP contribution in [0.5, 0.6) is 5.75 Å². The highest BCUT2D eigenvalue weighted by molar-refractivity contribution is 5.80. The monoisotopic (exact) mass is 429 g/mol. The number of rotatable bonds is 7. The van der Waals surface area contributed by atoms with Gasteiger partial charge in [0.05, 0.1) is 5.69 Å². The fourth-order valence-corrected chi connectivity index (χ4v) is 3.83. The number of guanidine groups is 1. The molecule has 2 N–H and O–H groups in total. The number of aromatic nitrogens is 1. The highest BCUT2D eigenvalue weighted by atomic mass is 16.5. The van der Waals surface area contributed by atoms with Crippen molar-refractivity contribution in [3.63, 3.8) is 0 Å². The van der Waals surface area contributed by atoms with Gasteiger partial charge in [-0.05, 0) is 55.3 Å². The third kappa shape index (κ3) is 6.00. The minimum atomic E-state index is 0.371. The van der Waals surface area contributed by atoms with Crippen molar-refractivity contribution in [2.24, 2.45) is 4.99 Å². The van der Waals surface area contributed by atoms with Crippen LogP contribution >= 0.6 is 0 Å². The average Bonchev–Trinajstić information content (AvgIpc) is 3.30. The number of hydrogen-bond donors (Lipinski definition) is 2. The first-order chi connectivity index (χ1) is 15.7. The Morgan fingerprint density at radius 1 is 1.12 bits per heavy atom. The van der Waals surface area contributed by atoms with Crippen molar-refractivity contribution < 1.29 is 4.74 Å². The molecular formula is C26H31N5O. The zero-order chi connectivity index (χ0) is 22.2. The van der Waals surface area contributed by atoms with Gasteiger partial charge in [-0.3, -0.25) is 9.98 Å². The number of aryl methyl sites for hydroxylation is 1. The van der Waals surface area contributed by atoms with E-state index in [1.165, 1.54) is 11.3 Å². The van der Waals surface area contributed by atoms with E-state index >= 15 is 0 Å². The van der Waals surface area contributed by atoms with Gasteiger partial charge in [0, 0.05) is 44.6 Å². The Bertz CT molecular complexity index is 1020. The maximum Gasteiger partial charge on any atom is 0.191 e. The maximum absolute atomic E-state index is 5.89. The van der Waals surface area contributed by atoms with Crippen molar-refractivity contribution in [3.05, 3.63) is 89.7 Å². The van der Waals surface area contributed by atoms with E-state index in [2.05, 4.69) is 68.8 Å². The lowest BCUT2D eigenvalue weighted by atomic mass is 10.2. The van der Waals surface area contributed by atoms with Crippen LogP contribution in [-0.2, 0) is 13.2 Å². The highest BCUT2D eigenvalue weighted by Gasteiger charge is 2.23. The lowest BCUT2D eigenvalue weighted by Gasteiger charge is -2.20. The Labute approximate surface area is 190 Å². The van der Waals surface area contributed by atoms with Gasteiger partial charge in [-0.2, -0.15) is 0 Å². The van der Waals surface area contributed by atoms with Crippen molar-refractivity contribution in [2.45, 2.75) is 32.5 Å². The smallest absolute Gasteiger partial charge is 0.191 e. The normalized spacial score (nSPS) is 16.1. The van der Waals surface area contributed by atoms with Crippen LogP contribution in [0.25, 0.3) is 0 Å². The molecule has 0 amide bonds. The van der Waals surface area contributed by atoms with E-state index in [0.29, 0.717) is 19.2 Å². The summed E-state index contributed by atoms with van der Waals surface area (Å²) in [6.45, 7) is 5.28. The Morgan fingerprint density at radius 2 is 2.00 bits per heavy atom. The standard InChI is InChI=1S/C26H31N5O/c1-20-9-11-24(12-10-20)31-15-13-22(18-31)30-26(27-2)29-17-21-6-5-8-25(16-21)32-19-23-7-3-4-14-28-23/h3-12,14,16,22H,13,15,17-19H2,1-2H3,(H2,27,29,30). The summed E-state index contributed by atoms with van der Waals surface area (Å²) in [7, 11) is 1.81. The Kier molecular flexibility index (Phi) is 7.23. The van der Waals surface area contributed by atoms with E-state index < -0.39 is 0 Å². The summed E-state index contributed by atoms with van der Waals surface area (Å²) in [6, 6.07) is 23.1. The summed E-state index contributed by atoms with van der Waals surface area (Å²) in [4.78, 5) is 11.1. The molecule has 3 aromatic rings. The maximum atomic E-state index is 5.89. The second-order valence-corrected chi connectivity index (χ2v) is 8.09. The number of hydrogen-bond acceptors (Lipinski definition) is 4. The first kappa shape index (κ1) is 21.7.